The minimum absolute atomic E-state index is 0.246. The number of hydrogen-bond donors (Lipinski definition) is 0. The molecule has 1 aliphatic rings. The number of benzene rings is 1. The van der Waals surface area contributed by atoms with Gasteiger partial charge in [-0.25, -0.2) is 4.79 Å². The van der Waals surface area contributed by atoms with Gasteiger partial charge in [-0.05, 0) is 39.0 Å². The molecule has 0 N–H and O–H groups in total. The summed E-state index contributed by atoms with van der Waals surface area (Å²) in [5.41, 5.74) is 0.548. The van der Waals surface area contributed by atoms with Crippen LogP contribution in [0.3, 0.4) is 0 Å². The molecule has 0 unspecified atom stereocenters. The van der Waals surface area contributed by atoms with Gasteiger partial charge in [0.15, 0.2) is 0 Å². The molecular weight excluding hydrogens is 356 g/mol. The molecule has 116 valence electrons. The molecule has 0 bridgehead atoms. The first kappa shape index (κ1) is 16.4. The van der Waals surface area contributed by atoms with Gasteiger partial charge >= 0.3 is 6.09 Å². The number of anilines is 1. The van der Waals surface area contributed by atoms with Gasteiger partial charge < -0.3 is 14.5 Å². The third kappa shape index (κ3) is 4.51. The summed E-state index contributed by atoms with van der Waals surface area (Å²) >= 11 is 9.68. The standard InChI is InChI=1S/C15H20BrClN2O2/c1-15(2,3)21-14(20)19-8-6-18(7-9-19)13-5-4-11(16)10-12(13)17/h4-5,10H,6-9H2,1-3H3. The Labute approximate surface area is 139 Å². The van der Waals surface area contributed by atoms with Gasteiger partial charge in [0.05, 0.1) is 10.7 Å². The largest absolute Gasteiger partial charge is 0.444 e. The predicted octanol–water partition coefficient (Wildman–Crippen LogP) is 4.16. The van der Waals surface area contributed by atoms with Crippen molar-refractivity contribution in [2.24, 2.45) is 0 Å². The maximum absolute atomic E-state index is 12.0. The number of carbonyl (C=O) groups is 1. The summed E-state index contributed by atoms with van der Waals surface area (Å²) in [5.74, 6) is 0. The van der Waals surface area contributed by atoms with Gasteiger partial charge in [-0.2, -0.15) is 0 Å². The Morgan fingerprint density at radius 1 is 1.24 bits per heavy atom. The second-order valence-corrected chi connectivity index (χ2v) is 7.37. The zero-order valence-corrected chi connectivity index (χ0v) is 14.9. The lowest BCUT2D eigenvalue weighted by atomic mass is 10.2. The first-order valence-electron chi connectivity index (χ1n) is 6.94. The van der Waals surface area contributed by atoms with Crippen LogP contribution in [-0.4, -0.2) is 42.8 Å². The number of amides is 1. The minimum Gasteiger partial charge on any atom is -0.444 e. The van der Waals surface area contributed by atoms with E-state index >= 15 is 0 Å². The van der Waals surface area contributed by atoms with Crippen molar-refractivity contribution in [3.8, 4) is 0 Å². The molecule has 0 atom stereocenters. The Morgan fingerprint density at radius 2 is 1.86 bits per heavy atom. The highest BCUT2D eigenvalue weighted by Crippen LogP contribution is 2.29. The molecule has 0 spiro atoms. The first-order chi connectivity index (χ1) is 9.76. The van der Waals surface area contributed by atoms with Crippen molar-refractivity contribution in [1.29, 1.82) is 0 Å². The summed E-state index contributed by atoms with van der Waals surface area (Å²) in [6, 6.07) is 5.86. The number of ether oxygens (including phenoxy) is 1. The van der Waals surface area contributed by atoms with E-state index in [4.69, 9.17) is 16.3 Å². The van der Waals surface area contributed by atoms with E-state index in [1.165, 1.54) is 0 Å². The topological polar surface area (TPSA) is 32.8 Å². The summed E-state index contributed by atoms with van der Waals surface area (Å²) < 4.78 is 6.36. The molecule has 2 rings (SSSR count). The van der Waals surface area contributed by atoms with Gasteiger partial charge in [0.25, 0.3) is 0 Å². The fraction of sp³-hybridized carbons (Fsp3) is 0.533. The van der Waals surface area contributed by atoms with E-state index in [2.05, 4.69) is 20.8 Å². The molecule has 1 heterocycles. The van der Waals surface area contributed by atoms with Gasteiger partial charge in [-0.3, -0.25) is 0 Å². The molecule has 0 radical (unpaired) electrons. The van der Waals surface area contributed by atoms with E-state index in [-0.39, 0.29) is 6.09 Å². The Bertz CT molecular complexity index is 523. The van der Waals surface area contributed by atoms with E-state index in [0.29, 0.717) is 13.1 Å². The fourth-order valence-electron chi connectivity index (χ4n) is 2.19. The zero-order valence-electron chi connectivity index (χ0n) is 12.5. The maximum atomic E-state index is 12.0. The number of carbonyl (C=O) groups excluding carboxylic acids is 1. The van der Waals surface area contributed by atoms with Crippen molar-refractivity contribution in [2.45, 2.75) is 26.4 Å². The van der Waals surface area contributed by atoms with Gasteiger partial charge in [-0.15, -0.1) is 0 Å². The van der Waals surface area contributed by atoms with Gasteiger partial charge in [0, 0.05) is 30.7 Å². The number of nitrogens with zero attached hydrogens (tertiary/aromatic N) is 2. The van der Waals surface area contributed by atoms with Crippen LogP contribution in [0.15, 0.2) is 22.7 Å². The second-order valence-electron chi connectivity index (χ2n) is 6.05. The highest BCUT2D eigenvalue weighted by atomic mass is 79.9. The highest BCUT2D eigenvalue weighted by Gasteiger charge is 2.26. The molecule has 1 saturated heterocycles. The Hall–Kier alpha value is -0.940. The van der Waals surface area contributed by atoms with Crippen LogP contribution in [0.5, 0.6) is 0 Å². The molecule has 1 amide bonds. The molecule has 0 aliphatic carbocycles. The summed E-state index contributed by atoms with van der Waals surface area (Å²) in [7, 11) is 0. The van der Waals surface area contributed by atoms with E-state index in [1.54, 1.807) is 4.90 Å². The van der Waals surface area contributed by atoms with E-state index in [1.807, 2.05) is 39.0 Å². The van der Waals surface area contributed by atoms with Crippen molar-refractivity contribution >= 4 is 39.3 Å². The Kier molecular flexibility index (Phi) is 5.04. The molecule has 6 heteroatoms. The number of hydrogen-bond acceptors (Lipinski definition) is 3. The van der Waals surface area contributed by atoms with E-state index in [0.717, 1.165) is 28.3 Å². The van der Waals surface area contributed by atoms with Crippen LogP contribution < -0.4 is 4.90 Å². The third-order valence-corrected chi connectivity index (χ3v) is 3.98. The SMILES string of the molecule is CC(C)(C)OC(=O)N1CCN(c2ccc(Br)cc2Cl)CC1. The van der Waals surface area contributed by atoms with Gasteiger partial charge in [0.1, 0.15) is 5.60 Å². The van der Waals surface area contributed by atoms with Gasteiger partial charge in [-0.1, -0.05) is 27.5 Å². The number of rotatable bonds is 1. The second kappa shape index (κ2) is 6.44. The van der Waals surface area contributed by atoms with Crippen LogP contribution >= 0.6 is 27.5 Å². The average Bonchev–Trinajstić information content (AvgIpc) is 2.37. The number of halogens is 2. The maximum Gasteiger partial charge on any atom is 0.410 e. The molecule has 4 nitrogen and oxygen atoms in total. The van der Waals surface area contributed by atoms with Crippen LogP contribution in [0.2, 0.25) is 5.02 Å². The summed E-state index contributed by atoms with van der Waals surface area (Å²) in [6.45, 7) is 8.41. The van der Waals surface area contributed by atoms with Crippen molar-refractivity contribution in [3.05, 3.63) is 27.7 Å². The molecule has 1 aromatic carbocycles. The summed E-state index contributed by atoms with van der Waals surface area (Å²) in [6.07, 6.45) is -0.246. The molecule has 21 heavy (non-hydrogen) atoms. The molecule has 0 aromatic heterocycles. The summed E-state index contributed by atoms with van der Waals surface area (Å²) in [4.78, 5) is 16.0. The molecule has 1 fully saturated rings. The molecule has 1 aromatic rings. The Morgan fingerprint density at radius 3 is 2.38 bits per heavy atom. The lowest BCUT2D eigenvalue weighted by Crippen LogP contribution is -2.50. The van der Waals surface area contributed by atoms with Gasteiger partial charge in [0.2, 0.25) is 0 Å². The van der Waals surface area contributed by atoms with Crippen molar-refractivity contribution in [1.82, 2.24) is 4.90 Å². The van der Waals surface area contributed by atoms with Crippen LogP contribution in [0, 0.1) is 0 Å². The molecule has 1 aliphatic heterocycles. The zero-order chi connectivity index (χ0) is 15.6. The summed E-state index contributed by atoms with van der Waals surface area (Å²) in [5, 5.41) is 0.718. The normalized spacial score (nSPS) is 16.0. The smallest absolute Gasteiger partial charge is 0.410 e. The predicted molar refractivity (Wildman–Crippen MR) is 89.2 cm³/mol. The first-order valence-corrected chi connectivity index (χ1v) is 8.11. The van der Waals surface area contributed by atoms with E-state index in [9.17, 15) is 4.79 Å². The van der Waals surface area contributed by atoms with Crippen molar-refractivity contribution in [3.63, 3.8) is 0 Å². The van der Waals surface area contributed by atoms with Crippen LogP contribution in [0.25, 0.3) is 0 Å². The monoisotopic (exact) mass is 374 g/mol. The van der Waals surface area contributed by atoms with E-state index < -0.39 is 5.60 Å². The number of piperazine rings is 1. The average molecular weight is 376 g/mol. The lowest BCUT2D eigenvalue weighted by molar-refractivity contribution is 0.0240. The van der Waals surface area contributed by atoms with Crippen LogP contribution in [0.1, 0.15) is 20.8 Å². The quantitative estimate of drug-likeness (QED) is 0.739. The van der Waals surface area contributed by atoms with Crippen molar-refractivity contribution in [2.75, 3.05) is 31.1 Å². The minimum atomic E-state index is -0.455. The van der Waals surface area contributed by atoms with Crippen LogP contribution in [-0.2, 0) is 4.74 Å². The molecule has 0 saturated carbocycles. The lowest BCUT2D eigenvalue weighted by Gasteiger charge is -2.37. The molecular formula is C15H20BrClN2O2. The van der Waals surface area contributed by atoms with Crippen molar-refractivity contribution < 1.29 is 9.53 Å². The third-order valence-electron chi connectivity index (χ3n) is 3.18. The fourth-order valence-corrected chi connectivity index (χ4v) is 2.99. The van der Waals surface area contributed by atoms with Crippen LogP contribution in [0.4, 0.5) is 10.5 Å². The highest BCUT2D eigenvalue weighted by molar-refractivity contribution is 9.10. The Balaban J connectivity index is 1.95.